The van der Waals surface area contributed by atoms with Gasteiger partial charge in [-0.3, -0.25) is 4.79 Å². The Kier molecular flexibility index (Phi) is 8.80. The van der Waals surface area contributed by atoms with Crippen molar-refractivity contribution in [3.8, 4) is 11.5 Å². The highest BCUT2D eigenvalue weighted by Gasteiger charge is 2.28. The predicted octanol–water partition coefficient (Wildman–Crippen LogP) is 0.782. The smallest absolute Gasteiger partial charge is 0.231 e. The van der Waals surface area contributed by atoms with Crippen LogP contribution < -0.4 is 25.4 Å². The minimum absolute atomic E-state index is 0. The third-order valence-electron chi connectivity index (χ3n) is 4.44. The summed E-state index contributed by atoms with van der Waals surface area (Å²) >= 11 is 0. The molecule has 162 valence electrons. The Balaban J connectivity index is 0.00000300. The topological polar surface area (TPSA) is 118 Å². The van der Waals surface area contributed by atoms with Gasteiger partial charge in [0.05, 0.1) is 18.1 Å². The van der Waals surface area contributed by atoms with E-state index in [-0.39, 0.29) is 60.6 Å². The van der Waals surface area contributed by atoms with Crippen LogP contribution >= 0.6 is 24.0 Å². The summed E-state index contributed by atoms with van der Waals surface area (Å²) in [4.78, 5) is 16.5. The van der Waals surface area contributed by atoms with E-state index in [1.807, 2.05) is 25.1 Å². The van der Waals surface area contributed by atoms with E-state index in [9.17, 15) is 13.2 Å². The molecule has 11 heteroatoms. The first-order valence-electron chi connectivity index (χ1n) is 9.35. The van der Waals surface area contributed by atoms with Crippen LogP contribution in [0.15, 0.2) is 23.2 Å². The van der Waals surface area contributed by atoms with Gasteiger partial charge in [-0.15, -0.1) is 24.0 Å². The molecular weight excluding hydrogens is 511 g/mol. The lowest BCUT2D eigenvalue weighted by Gasteiger charge is -2.13. The second kappa shape index (κ2) is 10.9. The SMILES string of the molecule is CCNC(=NCc1ccc2c(c1)OCO2)NCCC(=O)NC1CCS(=O)(=O)C1.I. The zero-order valence-electron chi connectivity index (χ0n) is 16.3. The van der Waals surface area contributed by atoms with Gasteiger partial charge in [0.15, 0.2) is 27.3 Å². The fourth-order valence-corrected chi connectivity index (χ4v) is 4.73. The lowest BCUT2D eigenvalue weighted by atomic mass is 10.2. The summed E-state index contributed by atoms with van der Waals surface area (Å²) < 4.78 is 33.6. The van der Waals surface area contributed by atoms with Gasteiger partial charge in [-0.2, -0.15) is 0 Å². The molecule has 0 spiro atoms. The number of guanidine groups is 1. The minimum Gasteiger partial charge on any atom is -0.454 e. The fourth-order valence-electron chi connectivity index (χ4n) is 3.05. The van der Waals surface area contributed by atoms with Crippen LogP contribution in [-0.4, -0.2) is 57.7 Å². The molecule has 2 aliphatic heterocycles. The van der Waals surface area contributed by atoms with Crippen LogP contribution in [0.5, 0.6) is 11.5 Å². The third kappa shape index (κ3) is 7.21. The third-order valence-corrected chi connectivity index (χ3v) is 6.21. The molecule has 9 nitrogen and oxygen atoms in total. The summed E-state index contributed by atoms with van der Waals surface area (Å²) in [5, 5.41) is 9.03. The second-order valence-corrected chi connectivity index (χ2v) is 8.96. The summed E-state index contributed by atoms with van der Waals surface area (Å²) in [5.41, 5.74) is 0.988. The fraction of sp³-hybridized carbons (Fsp3) is 0.556. The highest BCUT2D eigenvalue weighted by atomic mass is 127. The lowest BCUT2D eigenvalue weighted by Crippen LogP contribution is -2.41. The zero-order chi connectivity index (χ0) is 20.0. The van der Waals surface area contributed by atoms with Crippen molar-refractivity contribution < 1.29 is 22.7 Å². The van der Waals surface area contributed by atoms with Gasteiger partial charge in [-0.25, -0.2) is 13.4 Å². The molecule has 1 fully saturated rings. The molecule has 1 aromatic rings. The van der Waals surface area contributed by atoms with Crippen molar-refractivity contribution in [2.75, 3.05) is 31.4 Å². The van der Waals surface area contributed by atoms with Gasteiger partial charge in [0.1, 0.15) is 0 Å². The summed E-state index contributed by atoms with van der Waals surface area (Å²) in [5.74, 6) is 2.08. The van der Waals surface area contributed by atoms with Gasteiger partial charge in [0, 0.05) is 25.6 Å². The van der Waals surface area contributed by atoms with Crippen molar-refractivity contribution in [3.05, 3.63) is 23.8 Å². The molecule has 1 unspecified atom stereocenters. The van der Waals surface area contributed by atoms with E-state index < -0.39 is 9.84 Å². The number of aliphatic imine (C=N–C) groups is 1. The number of ether oxygens (including phenoxy) is 2. The first kappa shape index (κ1) is 23.5. The average molecular weight is 538 g/mol. The van der Waals surface area contributed by atoms with Crippen LogP contribution in [0.4, 0.5) is 0 Å². The zero-order valence-corrected chi connectivity index (χ0v) is 19.4. The molecule has 1 aromatic carbocycles. The summed E-state index contributed by atoms with van der Waals surface area (Å²) in [6.45, 7) is 3.75. The second-order valence-electron chi connectivity index (χ2n) is 6.73. The van der Waals surface area contributed by atoms with E-state index >= 15 is 0 Å². The predicted molar refractivity (Wildman–Crippen MR) is 121 cm³/mol. The Bertz CT molecular complexity index is 847. The Morgan fingerprint density at radius 1 is 1.24 bits per heavy atom. The van der Waals surface area contributed by atoms with Gasteiger partial charge < -0.3 is 25.4 Å². The van der Waals surface area contributed by atoms with Crippen LogP contribution in [0.2, 0.25) is 0 Å². The van der Waals surface area contributed by atoms with Crippen molar-refractivity contribution in [2.45, 2.75) is 32.4 Å². The normalized spacial score (nSPS) is 19.3. The molecule has 1 atom stereocenters. The van der Waals surface area contributed by atoms with E-state index in [1.165, 1.54) is 0 Å². The number of hydrogen-bond acceptors (Lipinski definition) is 6. The largest absolute Gasteiger partial charge is 0.454 e. The molecule has 1 saturated heterocycles. The first-order valence-corrected chi connectivity index (χ1v) is 11.2. The molecule has 3 rings (SSSR count). The Labute approximate surface area is 188 Å². The highest BCUT2D eigenvalue weighted by Crippen LogP contribution is 2.32. The van der Waals surface area contributed by atoms with E-state index in [0.29, 0.717) is 32.0 Å². The number of benzene rings is 1. The van der Waals surface area contributed by atoms with Gasteiger partial charge in [-0.1, -0.05) is 6.07 Å². The molecule has 0 bridgehead atoms. The van der Waals surface area contributed by atoms with E-state index in [2.05, 4.69) is 20.9 Å². The van der Waals surface area contributed by atoms with Gasteiger partial charge >= 0.3 is 0 Å². The number of sulfone groups is 1. The average Bonchev–Trinajstić information content (AvgIpc) is 3.24. The number of nitrogens with one attached hydrogen (secondary N) is 3. The molecule has 2 aliphatic rings. The van der Waals surface area contributed by atoms with Crippen LogP contribution in [0, 0.1) is 0 Å². The Morgan fingerprint density at radius 3 is 2.76 bits per heavy atom. The molecule has 0 saturated carbocycles. The molecule has 0 radical (unpaired) electrons. The van der Waals surface area contributed by atoms with Crippen LogP contribution in [0.1, 0.15) is 25.3 Å². The number of carbonyl (C=O) groups excluding carboxylic acids is 1. The molecule has 0 aromatic heterocycles. The van der Waals surface area contributed by atoms with Gasteiger partial charge in [0.25, 0.3) is 0 Å². The summed E-state index contributed by atoms with van der Waals surface area (Å²) in [6.07, 6.45) is 0.728. The Morgan fingerprint density at radius 2 is 2.03 bits per heavy atom. The summed E-state index contributed by atoms with van der Waals surface area (Å²) in [7, 11) is -3.00. The molecule has 2 heterocycles. The minimum atomic E-state index is -3.00. The van der Waals surface area contributed by atoms with Crippen molar-refractivity contribution >= 4 is 45.7 Å². The lowest BCUT2D eigenvalue weighted by molar-refractivity contribution is -0.121. The van der Waals surface area contributed by atoms with Gasteiger partial charge in [-0.05, 0) is 31.0 Å². The van der Waals surface area contributed by atoms with Crippen LogP contribution in [0.25, 0.3) is 0 Å². The number of nitrogens with zero attached hydrogens (tertiary/aromatic N) is 1. The van der Waals surface area contributed by atoms with Crippen LogP contribution in [0.3, 0.4) is 0 Å². The maximum Gasteiger partial charge on any atom is 0.231 e. The van der Waals surface area contributed by atoms with Gasteiger partial charge in [0.2, 0.25) is 12.7 Å². The highest BCUT2D eigenvalue weighted by molar-refractivity contribution is 14.0. The summed E-state index contributed by atoms with van der Waals surface area (Å²) in [6, 6.07) is 5.42. The number of rotatable bonds is 7. The van der Waals surface area contributed by atoms with E-state index in [0.717, 1.165) is 17.1 Å². The van der Waals surface area contributed by atoms with E-state index in [4.69, 9.17) is 9.47 Å². The molecular formula is C18H27IN4O5S. The van der Waals surface area contributed by atoms with E-state index in [1.54, 1.807) is 0 Å². The standard InChI is InChI=1S/C18H26N4O5S.HI/c1-2-19-18(21-10-13-3-4-15-16(9-13)27-12-26-15)20-7-5-17(23)22-14-6-8-28(24,25)11-14;/h3-4,9,14H,2,5-8,10-12H2,1H3,(H,22,23)(H2,19,20,21);1H. The first-order chi connectivity index (χ1) is 13.4. The Hall–Kier alpha value is -1.76. The number of halogens is 1. The van der Waals surface area contributed by atoms with Crippen molar-refractivity contribution in [3.63, 3.8) is 0 Å². The number of fused-ring (bicyclic) bond motifs is 1. The van der Waals surface area contributed by atoms with Crippen molar-refractivity contribution in [1.29, 1.82) is 0 Å². The quantitative estimate of drug-likeness (QED) is 0.267. The molecule has 29 heavy (non-hydrogen) atoms. The number of amides is 1. The molecule has 3 N–H and O–H groups in total. The number of hydrogen-bond donors (Lipinski definition) is 3. The molecule has 0 aliphatic carbocycles. The van der Waals surface area contributed by atoms with Crippen molar-refractivity contribution in [2.24, 2.45) is 4.99 Å². The van der Waals surface area contributed by atoms with Crippen molar-refractivity contribution in [1.82, 2.24) is 16.0 Å². The molecule has 1 amide bonds. The number of carbonyl (C=O) groups is 1. The maximum absolute atomic E-state index is 12.0. The monoisotopic (exact) mass is 538 g/mol. The maximum atomic E-state index is 12.0. The van der Waals surface area contributed by atoms with Crippen LogP contribution in [-0.2, 0) is 21.2 Å².